The van der Waals surface area contributed by atoms with Gasteiger partial charge in [0.1, 0.15) is 18.2 Å². The van der Waals surface area contributed by atoms with E-state index in [0.717, 1.165) is 43.1 Å². The summed E-state index contributed by atoms with van der Waals surface area (Å²) in [5, 5.41) is 9.05. The number of amides is 2. The number of carbonyl (C=O) groups is 2. The summed E-state index contributed by atoms with van der Waals surface area (Å²) in [5.41, 5.74) is 10.7. The summed E-state index contributed by atoms with van der Waals surface area (Å²) in [6.45, 7) is 1.71. The molecule has 1 aliphatic heterocycles. The summed E-state index contributed by atoms with van der Waals surface area (Å²) in [6.07, 6.45) is 4.67. The van der Waals surface area contributed by atoms with E-state index < -0.39 is 12.0 Å². The molecule has 0 radical (unpaired) electrons. The molecule has 126 valence electrons. The summed E-state index contributed by atoms with van der Waals surface area (Å²) < 4.78 is 0. The van der Waals surface area contributed by atoms with Crippen molar-refractivity contribution in [1.29, 1.82) is 0 Å². The Bertz CT molecular complexity index is 559. The number of hydrogen-bond donors (Lipinski definition) is 3. The van der Waals surface area contributed by atoms with Crippen LogP contribution >= 0.6 is 0 Å². The van der Waals surface area contributed by atoms with Crippen LogP contribution in [0.4, 0.5) is 16.4 Å². The quantitative estimate of drug-likeness (QED) is 0.676. The van der Waals surface area contributed by atoms with Gasteiger partial charge in [-0.15, -0.1) is 0 Å². The normalized spacial score (nSPS) is 15.4. The first-order valence-electron chi connectivity index (χ1n) is 7.54. The molecule has 0 spiro atoms. The molecule has 0 saturated carbocycles. The Hall–Kier alpha value is -2.58. The van der Waals surface area contributed by atoms with Gasteiger partial charge in [0.25, 0.3) is 0 Å². The van der Waals surface area contributed by atoms with Gasteiger partial charge in [-0.2, -0.15) is 0 Å². The molecule has 2 rings (SSSR count). The van der Waals surface area contributed by atoms with Crippen LogP contribution in [0.15, 0.2) is 12.4 Å². The number of nitrogens with two attached hydrogens (primary N) is 2. The smallest absolute Gasteiger partial charge is 0.407 e. The number of hydrogen-bond acceptors (Lipinski definition) is 6. The third-order valence-electron chi connectivity index (χ3n) is 4.00. The fourth-order valence-corrected chi connectivity index (χ4v) is 2.74. The van der Waals surface area contributed by atoms with Gasteiger partial charge in [-0.1, -0.05) is 0 Å². The third-order valence-corrected chi connectivity index (χ3v) is 4.00. The Morgan fingerprint density at radius 1 is 1.35 bits per heavy atom. The van der Waals surface area contributed by atoms with E-state index in [1.54, 1.807) is 6.20 Å². The number of carbonyl (C=O) groups excluding carboxylic acids is 1. The average Bonchev–Trinajstić information content (AvgIpc) is 2.51. The minimum Gasteiger partial charge on any atom is -0.465 e. The second kappa shape index (κ2) is 7.61. The molecule has 0 bridgehead atoms. The van der Waals surface area contributed by atoms with Gasteiger partial charge in [0.2, 0.25) is 5.91 Å². The van der Waals surface area contributed by atoms with Crippen molar-refractivity contribution >= 4 is 23.6 Å². The molecule has 23 heavy (non-hydrogen) atoms. The molecule has 2 heterocycles. The second-order valence-corrected chi connectivity index (χ2v) is 5.69. The second-order valence-electron chi connectivity index (χ2n) is 5.69. The van der Waals surface area contributed by atoms with E-state index in [9.17, 15) is 9.59 Å². The number of primary amides is 1. The van der Waals surface area contributed by atoms with Crippen molar-refractivity contribution in [2.24, 2.45) is 11.7 Å². The van der Waals surface area contributed by atoms with Crippen LogP contribution in [0.2, 0.25) is 0 Å². The minimum atomic E-state index is -1.11. The number of aromatic nitrogens is 2. The zero-order valence-electron chi connectivity index (χ0n) is 12.9. The maximum absolute atomic E-state index is 11.1. The molecule has 2 amide bonds. The van der Waals surface area contributed by atoms with Gasteiger partial charge in [-0.3, -0.25) is 14.7 Å². The summed E-state index contributed by atoms with van der Waals surface area (Å²) in [5.74, 6) is 0.940. The fourth-order valence-electron chi connectivity index (χ4n) is 2.74. The maximum atomic E-state index is 11.1. The first kappa shape index (κ1) is 16.8. The van der Waals surface area contributed by atoms with Crippen LogP contribution in [0.25, 0.3) is 0 Å². The highest BCUT2D eigenvalue weighted by atomic mass is 16.4. The van der Waals surface area contributed by atoms with Crippen LogP contribution in [-0.4, -0.2) is 58.2 Å². The Morgan fingerprint density at radius 3 is 2.61 bits per heavy atom. The predicted octanol–water partition coefficient (Wildman–Crippen LogP) is 0.131. The lowest BCUT2D eigenvalue weighted by molar-refractivity contribution is -0.118. The van der Waals surface area contributed by atoms with E-state index in [0.29, 0.717) is 18.3 Å². The summed E-state index contributed by atoms with van der Waals surface area (Å²) in [6, 6.07) is 0. The number of piperidine rings is 1. The summed E-state index contributed by atoms with van der Waals surface area (Å²) in [4.78, 5) is 33.4. The number of nitrogen functional groups attached to an aromatic ring is 1. The largest absolute Gasteiger partial charge is 0.465 e. The molecule has 0 aromatic carbocycles. The van der Waals surface area contributed by atoms with Crippen LogP contribution < -0.4 is 16.4 Å². The van der Waals surface area contributed by atoms with E-state index in [4.69, 9.17) is 16.6 Å². The lowest BCUT2D eigenvalue weighted by Crippen LogP contribution is -2.40. The minimum absolute atomic E-state index is 0.257. The van der Waals surface area contributed by atoms with Crippen LogP contribution in [-0.2, 0) is 4.79 Å². The van der Waals surface area contributed by atoms with E-state index in [2.05, 4.69) is 14.9 Å². The molecule has 1 saturated heterocycles. The zero-order valence-corrected chi connectivity index (χ0v) is 12.9. The van der Waals surface area contributed by atoms with Crippen LogP contribution in [0.1, 0.15) is 19.3 Å². The molecular weight excluding hydrogens is 300 g/mol. The van der Waals surface area contributed by atoms with E-state index in [1.165, 1.54) is 6.20 Å². The molecule has 9 nitrogen and oxygen atoms in total. The molecule has 1 fully saturated rings. The van der Waals surface area contributed by atoms with Crippen molar-refractivity contribution in [2.75, 3.05) is 36.8 Å². The first-order valence-corrected chi connectivity index (χ1v) is 7.54. The van der Waals surface area contributed by atoms with Crippen molar-refractivity contribution < 1.29 is 14.7 Å². The van der Waals surface area contributed by atoms with Crippen LogP contribution in [0.3, 0.4) is 0 Å². The highest BCUT2D eigenvalue weighted by molar-refractivity contribution is 5.80. The standard InChI is InChI=1S/C14H22N6O3/c15-11-7-17-8-13(18-11)19-4-1-10(2-5-19)3-6-20(14(22)23)9-12(16)21/h7-8,10H,1-6,9H2,(H2,15,18)(H2,16,21)(H,22,23). The van der Waals surface area contributed by atoms with Crippen molar-refractivity contribution in [3.05, 3.63) is 12.4 Å². The van der Waals surface area contributed by atoms with Crippen molar-refractivity contribution in [3.8, 4) is 0 Å². The maximum Gasteiger partial charge on any atom is 0.407 e. The molecule has 9 heteroatoms. The van der Waals surface area contributed by atoms with Gasteiger partial charge in [0.05, 0.1) is 12.4 Å². The third kappa shape index (κ3) is 4.97. The Labute approximate surface area is 134 Å². The first-order chi connectivity index (χ1) is 11.0. The number of carboxylic acid groups (broad SMARTS) is 1. The highest BCUT2D eigenvalue weighted by Crippen LogP contribution is 2.24. The molecule has 1 aromatic rings. The lowest BCUT2D eigenvalue weighted by Gasteiger charge is -2.33. The molecular formula is C14H22N6O3. The molecule has 0 aliphatic carbocycles. The average molecular weight is 322 g/mol. The van der Waals surface area contributed by atoms with Gasteiger partial charge in [0, 0.05) is 19.6 Å². The van der Waals surface area contributed by atoms with Crippen molar-refractivity contribution in [2.45, 2.75) is 19.3 Å². The summed E-state index contributed by atoms with van der Waals surface area (Å²) >= 11 is 0. The van der Waals surface area contributed by atoms with E-state index in [-0.39, 0.29) is 6.54 Å². The molecule has 1 aromatic heterocycles. The number of nitrogens with zero attached hydrogens (tertiary/aromatic N) is 4. The van der Waals surface area contributed by atoms with Gasteiger partial charge in [-0.25, -0.2) is 9.78 Å². The Kier molecular flexibility index (Phi) is 5.56. The number of rotatable bonds is 6. The molecule has 1 aliphatic rings. The topological polar surface area (TPSA) is 139 Å². The molecule has 0 atom stereocenters. The number of anilines is 2. The predicted molar refractivity (Wildman–Crippen MR) is 84.8 cm³/mol. The van der Waals surface area contributed by atoms with Gasteiger partial charge in [-0.05, 0) is 25.2 Å². The van der Waals surface area contributed by atoms with Gasteiger partial charge in [0.15, 0.2) is 0 Å². The molecule has 5 N–H and O–H groups in total. The Morgan fingerprint density at radius 2 is 2.04 bits per heavy atom. The summed E-state index contributed by atoms with van der Waals surface area (Å²) in [7, 11) is 0. The van der Waals surface area contributed by atoms with Crippen molar-refractivity contribution in [1.82, 2.24) is 14.9 Å². The zero-order chi connectivity index (χ0) is 16.8. The van der Waals surface area contributed by atoms with E-state index in [1.807, 2.05) is 0 Å². The van der Waals surface area contributed by atoms with Crippen LogP contribution in [0, 0.1) is 5.92 Å². The monoisotopic (exact) mass is 322 g/mol. The van der Waals surface area contributed by atoms with E-state index >= 15 is 0 Å². The highest BCUT2D eigenvalue weighted by Gasteiger charge is 2.22. The lowest BCUT2D eigenvalue weighted by atomic mass is 9.93. The van der Waals surface area contributed by atoms with Gasteiger partial charge < -0.3 is 21.5 Å². The van der Waals surface area contributed by atoms with Crippen molar-refractivity contribution in [3.63, 3.8) is 0 Å². The van der Waals surface area contributed by atoms with Crippen LogP contribution in [0.5, 0.6) is 0 Å². The molecule has 0 unspecified atom stereocenters. The Balaban J connectivity index is 1.80. The fraction of sp³-hybridized carbons (Fsp3) is 0.571. The van der Waals surface area contributed by atoms with Gasteiger partial charge >= 0.3 is 6.09 Å². The SMILES string of the molecule is NC(=O)CN(CCC1CCN(c2cncc(N)n2)CC1)C(=O)O.